The summed E-state index contributed by atoms with van der Waals surface area (Å²) in [5, 5.41) is 8.71. The van der Waals surface area contributed by atoms with Gasteiger partial charge in [-0.15, -0.1) is 5.10 Å². The van der Waals surface area contributed by atoms with Gasteiger partial charge in [0.25, 0.3) is 0 Å². The molecule has 2 bridgehead atoms. The molecule has 2 aliphatic rings. The van der Waals surface area contributed by atoms with Gasteiger partial charge in [-0.3, -0.25) is 0 Å². The van der Waals surface area contributed by atoms with Gasteiger partial charge in [0.2, 0.25) is 0 Å². The fourth-order valence-electron chi connectivity index (χ4n) is 4.01. The van der Waals surface area contributed by atoms with Crippen LogP contribution in [0.15, 0.2) is 18.7 Å². The van der Waals surface area contributed by atoms with Crippen molar-refractivity contribution in [2.24, 2.45) is 0 Å². The van der Waals surface area contributed by atoms with Crippen molar-refractivity contribution in [3.8, 4) is 0 Å². The zero-order chi connectivity index (χ0) is 16.9. The Kier molecular flexibility index (Phi) is 3.54. The summed E-state index contributed by atoms with van der Waals surface area (Å²) in [4.78, 5) is 10.1. The molecule has 2 aromatic rings. The third-order valence-electron chi connectivity index (χ3n) is 5.25. The molecule has 7 heteroatoms. The molecule has 128 valence electrons. The summed E-state index contributed by atoms with van der Waals surface area (Å²) in [5.74, 6) is 0.119. The number of fused-ring (bicyclic) bond motifs is 2. The molecule has 0 amide bonds. The molecule has 2 fully saturated rings. The van der Waals surface area contributed by atoms with E-state index in [2.05, 4.69) is 52.1 Å². The number of aromatic nitrogens is 5. The second kappa shape index (κ2) is 5.50. The Morgan fingerprint density at radius 1 is 1.12 bits per heavy atom. The second-order valence-electron chi connectivity index (χ2n) is 7.95. The Labute approximate surface area is 141 Å². The van der Waals surface area contributed by atoms with Gasteiger partial charge >= 0.3 is 0 Å². The maximum atomic E-state index is 14.1. The lowest BCUT2D eigenvalue weighted by atomic mass is 9.93. The highest BCUT2D eigenvalue weighted by atomic mass is 19.1. The molecule has 2 unspecified atom stereocenters. The first-order valence-corrected chi connectivity index (χ1v) is 8.59. The van der Waals surface area contributed by atoms with Crippen LogP contribution in [-0.2, 0) is 5.41 Å². The fourth-order valence-corrected chi connectivity index (χ4v) is 4.01. The highest BCUT2D eigenvalue weighted by molar-refractivity contribution is 5.44. The van der Waals surface area contributed by atoms with Gasteiger partial charge in [0.05, 0.1) is 17.9 Å². The van der Waals surface area contributed by atoms with Crippen LogP contribution in [0.3, 0.4) is 0 Å². The van der Waals surface area contributed by atoms with Gasteiger partial charge in [-0.05, 0) is 25.7 Å². The average Bonchev–Trinajstić information content (AvgIpc) is 3.11. The first kappa shape index (κ1) is 15.5. The van der Waals surface area contributed by atoms with E-state index in [0.29, 0.717) is 23.9 Å². The van der Waals surface area contributed by atoms with E-state index in [1.165, 1.54) is 12.5 Å². The van der Waals surface area contributed by atoms with Crippen LogP contribution in [0, 0.1) is 5.82 Å². The molecular weight excluding hydrogens is 307 g/mol. The first-order valence-electron chi connectivity index (χ1n) is 8.59. The van der Waals surface area contributed by atoms with Crippen molar-refractivity contribution in [1.29, 1.82) is 0 Å². The smallest absolute Gasteiger partial charge is 0.183 e. The van der Waals surface area contributed by atoms with Gasteiger partial charge in [-0.25, -0.2) is 19.0 Å². The summed E-state index contributed by atoms with van der Waals surface area (Å²) in [6, 6.07) is 0.938. The van der Waals surface area contributed by atoms with E-state index in [1.807, 2.05) is 4.68 Å². The van der Waals surface area contributed by atoms with Crippen molar-refractivity contribution in [2.45, 2.75) is 70.0 Å². The van der Waals surface area contributed by atoms with Gasteiger partial charge in [-0.1, -0.05) is 26.0 Å². The third-order valence-corrected chi connectivity index (χ3v) is 5.25. The van der Waals surface area contributed by atoms with E-state index in [-0.39, 0.29) is 11.2 Å². The van der Waals surface area contributed by atoms with E-state index in [0.717, 1.165) is 31.4 Å². The predicted molar refractivity (Wildman–Crippen MR) is 88.3 cm³/mol. The van der Waals surface area contributed by atoms with Crippen LogP contribution in [0.1, 0.15) is 58.2 Å². The standard InChI is InChI=1S/C17H23FN6/c1-17(2,3)15-9-23(22-21-15)13-6-11-4-5-12(7-13)24(11)16-14(18)8-19-10-20-16/h8-13H,4-7H2,1-3H3. The van der Waals surface area contributed by atoms with Gasteiger partial charge < -0.3 is 4.90 Å². The normalized spacial score (nSPS) is 26.8. The van der Waals surface area contributed by atoms with Crippen molar-refractivity contribution in [2.75, 3.05) is 4.90 Å². The van der Waals surface area contributed by atoms with Crippen LogP contribution in [0.4, 0.5) is 10.2 Å². The summed E-state index contributed by atoms with van der Waals surface area (Å²) < 4.78 is 16.1. The van der Waals surface area contributed by atoms with E-state index in [9.17, 15) is 4.39 Å². The summed E-state index contributed by atoms with van der Waals surface area (Å²) >= 11 is 0. The largest absolute Gasteiger partial charge is 0.348 e. The molecule has 2 saturated heterocycles. The number of nitrogens with zero attached hydrogens (tertiary/aromatic N) is 6. The molecule has 2 aromatic heterocycles. The van der Waals surface area contributed by atoms with Crippen LogP contribution >= 0.6 is 0 Å². The predicted octanol–water partition coefficient (Wildman–Crippen LogP) is 2.88. The minimum Gasteiger partial charge on any atom is -0.348 e. The summed E-state index contributed by atoms with van der Waals surface area (Å²) in [6.07, 6.45) is 8.81. The lowest BCUT2D eigenvalue weighted by molar-refractivity contribution is 0.307. The van der Waals surface area contributed by atoms with E-state index >= 15 is 0 Å². The Bertz CT molecular complexity index is 723. The minimum absolute atomic E-state index is 0.00201. The maximum Gasteiger partial charge on any atom is 0.183 e. The van der Waals surface area contributed by atoms with Crippen molar-refractivity contribution in [1.82, 2.24) is 25.0 Å². The molecule has 0 aliphatic carbocycles. The fraction of sp³-hybridized carbons (Fsp3) is 0.647. The van der Waals surface area contributed by atoms with Crippen LogP contribution < -0.4 is 4.90 Å². The molecule has 0 N–H and O–H groups in total. The number of halogens is 1. The van der Waals surface area contributed by atoms with Crippen LogP contribution in [0.5, 0.6) is 0 Å². The topological polar surface area (TPSA) is 59.7 Å². The molecule has 24 heavy (non-hydrogen) atoms. The SMILES string of the molecule is CC(C)(C)c1cn(C2CC3CCC(C2)N3c2ncncc2F)nn1. The quantitative estimate of drug-likeness (QED) is 0.847. The van der Waals surface area contributed by atoms with Gasteiger partial charge in [0.15, 0.2) is 11.6 Å². The number of hydrogen-bond donors (Lipinski definition) is 0. The monoisotopic (exact) mass is 330 g/mol. The van der Waals surface area contributed by atoms with Crippen LogP contribution in [-0.4, -0.2) is 37.0 Å². The van der Waals surface area contributed by atoms with Gasteiger partial charge in [0.1, 0.15) is 6.33 Å². The Hall–Kier alpha value is -2.05. The summed E-state index contributed by atoms with van der Waals surface area (Å²) in [5.41, 5.74) is 1.02. The number of piperidine rings is 1. The lowest BCUT2D eigenvalue weighted by Crippen LogP contribution is -2.44. The van der Waals surface area contributed by atoms with E-state index in [4.69, 9.17) is 0 Å². The van der Waals surface area contributed by atoms with E-state index < -0.39 is 0 Å². The molecule has 6 nitrogen and oxygen atoms in total. The summed E-state index contributed by atoms with van der Waals surface area (Å²) in [6.45, 7) is 6.43. The highest BCUT2D eigenvalue weighted by Crippen LogP contribution is 2.43. The molecule has 4 heterocycles. The molecule has 0 saturated carbocycles. The van der Waals surface area contributed by atoms with Crippen molar-refractivity contribution >= 4 is 5.82 Å². The second-order valence-corrected chi connectivity index (χ2v) is 7.95. The zero-order valence-corrected chi connectivity index (χ0v) is 14.4. The Morgan fingerprint density at radius 2 is 1.83 bits per heavy atom. The number of rotatable bonds is 2. The minimum atomic E-state index is -0.330. The molecule has 0 aromatic carbocycles. The van der Waals surface area contributed by atoms with Crippen LogP contribution in [0.2, 0.25) is 0 Å². The van der Waals surface area contributed by atoms with Gasteiger partial charge in [0, 0.05) is 23.7 Å². The maximum absolute atomic E-state index is 14.1. The lowest BCUT2D eigenvalue weighted by Gasteiger charge is -2.39. The third kappa shape index (κ3) is 2.56. The number of hydrogen-bond acceptors (Lipinski definition) is 5. The van der Waals surface area contributed by atoms with Crippen LogP contribution in [0.25, 0.3) is 0 Å². The number of anilines is 1. The molecule has 2 atom stereocenters. The van der Waals surface area contributed by atoms with Gasteiger partial charge in [-0.2, -0.15) is 0 Å². The van der Waals surface area contributed by atoms with Crippen molar-refractivity contribution in [3.05, 3.63) is 30.2 Å². The Balaban J connectivity index is 1.57. The summed E-state index contributed by atoms with van der Waals surface area (Å²) in [7, 11) is 0. The van der Waals surface area contributed by atoms with E-state index in [1.54, 1.807) is 0 Å². The first-order chi connectivity index (χ1) is 11.4. The molecule has 0 spiro atoms. The zero-order valence-electron chi connectivity index (χ0n) is 14.4. The molecule has 2 aliphatic heterocycles. The Morgan fingerprint density at radius 3 is 2.42 bits per heavy atom. The van der Waals surface area contributed by atoms with Crippen molar-refractivity contribution < 1.29 is 4.39 Å². The molecule has 4 rings (SSSR count). The molecule has 0 radical (unpaired) electrons. The average molecular weight is 330 g/mol. The van der Waals surface area contributed by atoms with Crippen molar-refractivity contribution in [3.63, 3.8) is 0 Å². The highest BCUT2D eigenvalue weighted by Gasteiger charge is 2.43. The molecular formula is C17H23FN6.